The molecule has 0 spiro atoms. The molecule has 1 fully saturated rings. The molecule has 44 heavy (non-hydrogen) atoms. The van der Waals surface area contributed by atoms with Crippen LogP contribution in [0.25, 0.3) is 17.1 Å². The Kier molecular flexibility index (Phi) is 9.19. The zero-order valence-electron chi connectivity index (χ0n) is 24.4. The lowest BCUT2D eigenvalue weighted by molar-refractivity contribution is -0.274. The van der Waals surface area contributed by atoms with Crippen molar-refractivity contribution in [1.29, 1.82) is 0 Å². The highest BCUT2D eigenvalue weighted by molar-refractivity contribution is 8.15. The highest BCUT2D eigenvalue weighted by Crippen LogP contribution is 2.33. The molecule has 0 unspecified atom stereocenters. The molecular formula is C32H30F3N5O3S. The summed E-state index contributed by atoms with van der Waals surface area (Å²) >= 11 is 1.29. The lowest BCUT2D eigenvalue weighted by Gasteiger charge is -2.21. The Morgan fingerprint density at radius 1 is 1.00 bits per heavy atom. The van der Waals surface area contributed by atoms with E-state index in [1.54, 1.807) is 4.90 Å². The summed E-state index contributed by atoms with van der Waals surface area (Å²) in [6.45, 7) is 5.94. The number of aliphatic imine (C=N–C) groups is 1. The molecule has 0 bridgehead atoms. The molecule has 0 aliphatic carbocycles. The fourth-order valence-electron chi connectivity index (χ4n) is 5.10. The molecule has 8 nitrogen and oxygen atoms in total. The van der Waals surface area contributed by atoms with Crippen molar-refractivity contribution in [2.24, 2.45) is 4.99 Å². The van der Waals surface area contributed by atoms with Gasteiger partial charge in [-0.05, 0) is 81.0 Å². The minimum Gasteiger partial charge on any atom is -0.406 e. The minimum absolute atomic E-state index is 0.0735. The van der Waals surface area contributed by atoms with E-state index in [4.69, 9.17) is 0 Å². The number of carbonyl (C=O) groups is 2. The first-order valence-electron chi connectivity index (χ1n) is 14.0. The number of ether oxygens (including phenoxy) is 1. The van der Waals surface area contributed by atoms with Crippen LogP contribution in [0.1, 0.15) is 41.5 Å². The van der Waals surface area contributed by atoms with Crippen molar-refractivity contribution in [2.45, 2.75) is 52.8 Å². The van der Waals surface area contributed by atoms with Crippen LogP contribution >= 0.6 is 11.8 Å². The molecular weight excluding hydrogens is 591 g/mol. The lowest BCUT2D eigenvalue weighted by Crippen LogP contribution is -2.31. The third kappa shape index (κ3) is 7.54. The van der Waals surface area contributed by atoms with E-state index in [0.717, 1.165) is 46.3 Å². The third-order valence-electron chi connectivity index (χ3n) is 6.99. The van der Waals surface area contributed by atoms with Gasteiger partial charge in [-0.2, -0.15) is 4.99 Å². The molecule has 1 aliphatic rings. The number of aromatic nitrogens is 3. The van der Waals surface area contributed by atoms with E-state index >= 15 is 0 Å². The standard InChI is InChI=1S/C32H30F3N5O3S/c1-20-16-21(2)29(22(3)17-20)40-28(42)18-44-31(40)37-27(41)7-5-4-6-23-8-10-24(11-9-23)30-36-19-39(38-30)25-12-14-26(15-13-25)43-32(33,34)35/h8-17,19H,4-7,18H2,1-3H3. The number of alkyl halides is 3. The zero-order chi connectivity index (χ0) is 31.4. The number of aryl methyl sites for hydroxylation is 4. The van der Waals surface area contributed by atoms with Gasteiger partial charge in [-0.3, -0.25) is 14.5 Å². The van der Waals surface area contributed by atoms with Gasteiger partial charge in [-0.1, -0.05) is 53.7 Å². The molecule has 0 radical (unpaired) electrons. The number of nitrogens with zero attached hydrogens (tertiary/aromatic N) is 5. The smallest absolute Gasteiger partial charge is 0.406 e. The van der Waals surface area contributed by atoms with Crippen molar-refractivity contribution < 1.29 is 27.5 Å². The second kappa shape index (κ2) is 13.0. The Balaban J connectivity index is 1.13. The van der Waals surface area contributed by atoms with Gasteiger partial charge in [0.2, 0.25) is 11.8 Å². The summed E-state index contributed by atoms with van der Waals surface area (Å²) in [5, 5.41) is 4.87. The summed E-state index contributed by atoms with van der Waals surface area (Å²) in [6.07, 6.45) is -0.730. The Labute approximate surface area is 257 Å². The van der Waals surface area contributed by atoms with Crippen molar-refractivity contribution >= 4 is 34.4 Å². The van der Waals surface area contributed by atoms with E-state index in [2.05, 4.69) is 19.8 Å². The zero-order valence-corrected chi connectivity index (χ0v) is 25.2. The van der Waals surface area contributed by atoms with Crippen LogP contribution in [0, 0.1) is 20.8 Å². The molecule has 0 N–H and O–H groups in total. The average Bonchev–Trinajstić information content (AvgIpc) is 3.58. The third-order valence-corrected chi connectivity index (χ3v) is 7.91. The fourth-order valence-corrected chi connectivity index (χ4v) is 5.97. The van der Waals surface area contributed by atoms with Crippen LogP contribution in [0.2, 0.25) is 0 Å². The van der Waals surface area contributed by atoms with Crippen LogP contribution in [0.15, 0.2) is 72.0 Å². The molecule has 0 saturated carbocycles. The van der Waals surface area contributed by atoms with Crippen molar-refractivity contribution in [1.82, 2.24) is 14.8 Å². The van der Waals surface area contributed by atoms with Gasteiger partial charge in [0.05, 0.1) is 17.1 Å². The van der Waals surface area contributed by atoms with E-state index in [1.165, 1.54) is 47.0 Å². The van der Waals surface area contributed by atoms with Crippen LogP contribution in [0.5, 0.6) is 5.75 Å². The second-order valence-corrected chi connectivity index (χ2v) is 11.5. The summed E-state index contributed by atoms with van der Waals surface area (Å²) in [6, 6.07) is 17.2. The van der Waals surface area contributed by atoms with Gasteiger partial charge in [0.15, 0.2) is 11.0 Å². The molecule has 2 amide bonds. The topological polar surface area (TPSA) is 89.7 Å². The first-order valence-corrected chi connectivity index (χ1v) is 15.0. The molecule has 5 rings (SSSR count). The number of rotatable bonds is 9. The predicted molar refractivity (Wildman–Crippen MR) is 164 cm³/mol. The van der Waals surface area contributed by atoms with Gasteiger partial charge in [0.25, 0.3) is 0 Å². The number of amidine groups is 1. The van der Waals surface area contributed by atoms with Gasteiger partial charge in [0, 0.05) is 12.0 Å². The average molecular weight is 622 g/mol. The highest BCUT2D eigenvalue weighted by Gasteiger charge is 2.32. The maximum Gasteiger partial charge on any atom is 0.573 e. The number of thioether (sulfide) groups is 1. The minimum atomic E-state index is -4.75. The van der Waals surface area contributed by atoms with Gasteiger partial charge < -0.3 is 4.74 Å². The molecule has 1 aliphatic heterocycles. The molecule has 1 aromatic heterocycles. The Morgan fingerprint density at radius 2 is 1.68 bits per heavy atom. The van der Waals surface area contributed by atoms with Crippen LogP contribution in [0.4, 0.5) is 18.9 Å². The van der Waals surface area contributed by atoms with Crippen LogP contribution in [0.3, 0.4) is 0 Å². The Morgan fingerprint density at radius 3 is 2.34 bits per heavy atom. The number of hydrogen-bond acceptors (Lipinski definition) is 6. The highest BCUT2D eigenvalue weighted by atomic mass is 32.2. The van der Waals surface area contributed by atoms with E-state index in [9.17, 15) is 22.8 Å². The SMILES string of the molecule is Cc1cc(C)c(N2C(=O)CSC2=NC(=O)CCCCc2ccc(-c3ncn(-c4ccc(OC(F)(F)F)cc4)n3)cc2)c(C)c1. The van der Waals surface area contributed by atoms with Crippen molar-refractivity contribution in [2.75, 3.05) is 10.7 Å². The lowest BCUT2D eigenvalue weighted by atomic mass is 10.0. The molecule has 4 aromatic rings. The molecule has 2 heterocycles. The monoisotopic (exact) mass is 621 g/mol. The van der Waals surface area contributed by atoms with Crippen LogP contribution in [-0.4, -0.2) is 43.9 Å². The number of hydrogen-bond donors (Lipinski definition) is 0. The number of anilines is 1. The summed E-state index contributed by atoms with van der Waals surface area (Å²) in [5.74, 6) is 0.113. The number of amides is 2. The quantitative estimate of drug-likeness (QED) is 0.185. The first kappa shape index (κ1) is 31.0. The number of carbonyl (C=O) groups excluding carboxylic acids is 2. The van der Waals surface area contributed by atoms with Crippen LogP contribution < -0.4 is 9.64 Å². The van der Waals surface area contributed by atoms with E-state index < -0.39 is 6.36 Å². The van der Waals surface area contributed by atoms with Crippen molar-refractivity contribution in [3.8, 4) is 22.8 Å². The summed E-state index contributed by atoms with van der Waals surface area (Å²) in [7, 11) is 0. The Bertz CT molecular complexity index is 1680. The van der Waals surface area contributed by atoms with Crippen molar-refractivity contribution in [3.63, 3.8) is 0 Å². The van der Waals surface area contributed by atoms with Crippen LogP contribution in [-0.2, 0) is 16.0 Å². The maximum absolute atomic E-state index is 12.7. The fraction of sp³-hybridized carbons (Fsp3) is 0.281. The molecule has 1 saturated heterocycles. The van der Waals surface area contributed by atoms with E-state index in [0.29, 0.717) is 29.5 Å². The maximum atomic E-state index is 12.7. The Hall–Kier alpha value is -4.45. The van der Waals surface area contributed by atoms with Gasteiger partial charge in [-0.15, -0.1) is 18.3 Å². The molecule has 228 valence electrons. The molecule has 0 atom stereocenters. The largest absolute Gasteiger partial charge is 0.573 e. The number of unbranched alkanes of at least 4 members (excludes halogenated alkanes) is 1. The van der Waals surface area contributed by atoms with Gasteiger partial charge >= 0.3 is 6.36 Å². The predicted octanol–water partition coefficient (Wildman–Crippen LogP) is 7.13. The van der Waals surface area contributed by atoms with Gasteiger partial charge in [0.1, 0.15) is 12.1 Å². The molecule has 3 aromatic carbocycles. The number of benzene rings is 3. The van der Waals surface area contributed by atoms with Gasteiger partial charge in [-0.25, -0.2) is 9.67 Å². The van der Waals surface area contributed by atoms with E-state index in [-0.39, 0.29) is 23.3 Å². The molecule has 12 heteroatoms. The second-order valence-electron chi connectivity index (χ2n) is 10.5. The summed E-state index contributed by atoms with van der Waals surface area (Å²) in [4.78, 5) is 35.6. The summed E-state index contributed by atoms with van der Waals surface area (Å²) in [5.41, 5.74) is 6.30. The first-order chi connectivity index (χ1) is 21.0. The van der Waals surface area contributed by atoms with E-state index in [1.807, 2.05) is 57.2 Å². The normalized spacial score (nSPS) is 14.5. The van der Waals surface area contributed by atoms with Crippen molar-refractivity contribution in [3.05, 3.63) is 89.2 Å². The number of halogens is 3. The summed E-state index contributed by atoms with van der Waals surface area (Å²) < 4.78 is 42.6.